The molecule has 0 unspecified atom stereocenters. The van der Waals surface area contributed by atoms with Crippen molar-refractivity contribution in [3.05, 3.63) is 29.3 Å². The van der Waals surface area contributed by atoms with E-state index in [1.54, 1.807) is 0 Å². The van der Waals surface area contributed by atoms with Gasteiger partial charge in [0.25, 0.3) is 0 Å². The highest BCUT2D eigenvalue weighted by atomic mass is 16.5. The number of aliphatic hydroxyl groups is 3. The fourth-order valence-corrected chi connectivity index (χ4v) is 4.02. The van der Waals surface area contributed by atoms with Gasteiger partial charge in [-0.15, -0.1) is 0 Å². The first-order valence-corrected chi connectivity index (χ1v) is 8.92. The van der Waals surface area contributed by atoms with Gasteiger partial charge in [0.2, 0.25) is 0 Å². The van der Waals surface area contributed by atoms with Crippen molar-refractivity contribution in [1.29, 1.82) is 0 Å². The van der Waals surface area contributed by atoms with Crippen LogP contribution >= 0.6 is 0 Å². The summed E-state index contributed by atoms with van der Waals surface area (Å²) in [6.07, 6.45) is 1.61. The molecule has 3 N–H and O–H groups in total. The van der Waals surface area contributed by atoms with Crippen LogP contribution in [0.4, 0.5) is 0 Å². The topological polar surface area (TPSA) is 73.2 Å². The van der Waals surface area contributed by atoms with Gasteiger partial charge < -0.3 is 20.1 Å². The summed E-state index contributed by atoms with van der Waals surface area (Å²) in [6, 6.07) is 6.00. The molecule has 2 fully saturated rings. The molecule has 1 aliphatic heterocycles. The van der Waals surface area contributed by atoms with Crippen LogP contribution in [0, 0.1) is 5.41 Å². The van der Waals surface area contributed by atoms with E-state index in [0.29, 0.717) is 6.42 Å². The minimum atomic E-state index is -0.344. The third kappa shape index (κ3) is 3.31. The minimum absolute atomic E-state index is 0.0304. The summed E-state index contributed by atoms with van der Waals surface area (Å²) >= 11 is 0. The largest absolute Gasteiger partial charge is 0.491 e. The molecule has 134 valence electrons. The second-order valence-electron chi connectivity index (χ2n) is 7.54. The molecule has 5 heteroatoms. The molecule has 1 spiro atoms. The van der Waals surface area contributed by atoms with Gasteiger partial charge in [0, 0.05) is 23.9 Å². The first kappa shape index (κ1) is 17.7. The van der Waals surface area contributed by atoms with Crippen molar-refractivity contribution in [3.63, 3.8) is 0 Å². The highest BCUT2D eigenvalue weighted by molar-refractivity contribution is 5.37. The third-order valence-electron chi connectivity index (χ3n) is 5.62. The number of benzene rings is 1. The average molecular weight is 335 g/mol. The smallest absolute Gasteiger partial charge is 0.125 e. The van der Waals surface area contributed by atoms with Crippen LogP contribution in [-0.4, -0.2) is 51.6 Å². The Labute approximate surface area is 143 Å². The van der Waals surface area contributed by atoms with Crippen molar-refractivity contribution in [2.45, 2.75) is 64.6 Å². The first-order chi connectivity index (χ1) is 11.4. The fraction of sp³-hybridized carbons (Fsp3) is 0.684. The molecule has 0 bridgehead atoms. The van der Waals surface area contributed by atoms with Crippen molar-refractivity contribution in [1.82, 2.24) is 4.90 Å². The van der Waals surface area contributed by atoms with Crippen molar-refractivity contribution in [3.8, 4) is 5.75 Å². The molecular weight excluding hydrogens is 306 g/mol. The van der Waals surface area contributed by atoms with E-state index in [9.17, 15) is 15.3 Å². The third-order valence-corrected chi connectivity index (χ3v) is 5.62. The van der Waals surface area contributed by atoms with Gasteiger partial charge in [0.05, 0.1) is 24.9 Å². The van der Waals surface area contributed by atoms with Gasteiger partial charge in [0.15, 0.2) is 0 Å². The maximum atomic E-state index is 10.0. The van der Waals surface area contributed by atoms with E-state index in [0.717, 1.165) is 49.4 Å². The second kappa shape index (κ2) is 7.00. The van der Waals surface area contributed by atoms with Gasteiger partial charge in [-0.3, -0.25) is 4.90 Å². The van der Waals surface area contributed by atoms with Crippen molar-refractivity contribution < 1.29 is 20.1 Å². The zero-order chi connectivity index (χ0) is 17.3. The molecule has 0 aromatic heterocycles. The minimum Gasteiger partial charge on any atom is -0.491 e. The average Bonchev–Trinajstić information content (AvgIpc) is 2.56. The molecule has 3 rings (SSSR count). The molecule has 0 amide bonds. The molecule has 1 heterocycles. The molecule has 2 atom stereocenters. The number of nitrogens with zero attached hydrogens (tertiary/aromatic N) is 1. The monoisotopic (exact) mass is 335 g/mol. The predicted octanol–water partition coefficient (Wildman–Crippen LogP) is 1.67. The van der Waals surface area contributed by atoms with Gasteiger partial charge in [-0.25, -0.2) is 0 Å². The Kier molecular flexibility index (Phi) is 5.16. The number of hydrogen-bond donors (Lipinski definition) is 3. The Morgan fingerprint density at radius 3 is 2.42 bits per heavy atom. The summed E-state index contributed by atoms with van der Waals surface area (Å²) in [5.74, 6) is 0.745. The lowest BCUT2D eigenvalue weighted by Gasteiger charge is -2.55. The zero-order valence-corrected chi connectivity index (χ0v) is 14.6. The van der Waals surface area contributed by atoms with E-state index in [1.165, 1.54) is 0 Å². The maximum absolute atomic E-state index is 10.0. The number of hydrogen-bond acceptors (Lipinski definition) is 5. The molecule has 24 heavy (non-hydrogen) atoms. The van der Waals surface area contributed by atoms with E-state index in [4.69, 9.17) is 4.74 Å². The van der Waals surface area contributed by atoms with Gasteiger partial charge >= 0.3 is 0 Å². The number of rotatable bonds is 5. The molecule has 1 aliphatic carbocycles. The second-order valence-corrected chi connectivity index (χ2v) is 7.54. The van der Waals surface area contributed by atoms with Gasteiger partial charge in [-0.2, -0.15) is 0 Å². The molecule has 1 aromatic carbocycles. The van der Waals surface area contributed by atoms with Gasteiger partial charge in [-0.05, 0) is 57.5 Å². The van der Waals surface area contributed by atoms with E-state index in [-0.39, 0.29) is 30.3 Å². The normalized spacial score (nSPS) is 26.6. The maximum Gasteiger partial charge on any atom is 0.125 e. The Balaban J connectivity index is 1.61. The highest BCUT2D eigenvalue weighted by Crippen LogP contribution is 2.49. The van der Waals surface area contributed by atoms with E-state index in [1.807, 2.05) is 32.0 Å². The molecule has 1 saturated heterocycles. The molecule has 5 nitrogen and oxygen atoms in total. The first-order valence-electron chi connectivity index (χ1n) is 8.92. The number of ether oxygens (including phenoxy) is 1. The highest BCUT2D eigenvalue weighted by Gasteiger charge is 2.54. The summed E-state index contributed by atoms with van der Waals surface area (Å²) < 4.78 is 5.73. The Hall–Kier alpha value is -1.14. The standard InChI is InChI=1S/C19H29NO4/c1-13(2)24-16-4-3-14(9-15(16)12-21)11-20-7-5-19(6-8-20)17(22)10-18(19)23/h3-4,9,13,17-18,21-23H,5-8,10-12H2,1-2H3/t17-,18+. The fourth-order valence-electron chi connectivity index (χ4n) is 4.02. The number of piperidine rings is 1. The van der Waals surface area contributed by atoms with E-state index in [2.05, 4.69) is 4.90 Å². The van der Waals surface area contributed by atoms with Crippen molar-refractivity contribution in [2.75, 3.05) is 13.1 Å². The van der Waals surface area contributed by atoms with Gasteiger partial charge in [-0.1, -0.05) is 6.07 Å². The van der Waals surface area contributed by atoms with Crippen LogP contribution in [-0.2, 0) is 13.2 Å². The van der Waals surface area contributed by atoms with Crippen LogP contribution in [0.15, 0.2) is 18.2 Å². The van der Waals surface area contributed by atoms with Crippen LogP contribution in [0.5, 0.6) is 5.75 Å². The Morgan fingerprint density at radius 1 is 1.21 bits per heavy atom. The quantitative estimate of drug-likeness (QED) is 0.763. The summed E-state index contributed by atoms with van der Waals surface area (Å²) in [7, 11) is 0. The summed E-state index contributed by atoms with van der Waals surface area (Å²) in [4.78, 5) is 2.35. The van der Waals surface area contributed by atoms with E-state index < -0.39 is 0 Å². The van der Waals surface area contributed by atoms with Crippen molar-refractivity contribution in [2.24, 2.45) is 5.41 Å². The summed E-state index contributed by atoms with van der Waals surface area (Å²) in [6.45, 7) is 6.50. The molecule has 1 aromatic rings. The molecular formula is C19H29NO4. The van der Waals surface area contributed by atoms with Gasteiger partial charge in [0.1, 0.15) is 5.75 Å². The Morgan fingerprint density at radius 2 is 1.88 bits per heavy atom. The zero-order valence-electron chi connectivity index (χ0n) is 14.6. The Bertz CT molecular complexity index is 556. The lowest BCUT2D eigenvalue weighted by atomic mass is 9.58. The van der Waals surface area contributed by atoms with Crippen LogP contribution in [0.1, 0.15) is 44.2 Å². The molecule has 2 aliphatic rings. The number of likely N-dealkylation sites (tertiary alicyclic amines) is 1. The van der Waals surface area contributed by atoms with Crippen LogP contribution in [0.3, 0.4) is 0 Å². The predicted molar refractivity (Wildman–Crippen MR) is 91.7 cm³/mol. The lowest BCUT2D eigenvalue weighted by Crippen LogP contribution is -2.61. The SMILES string of the molecule is CC(C)Oc1ccc(CN2CCC3(CC2)[C@H](O)C[C@@H]3O)cc1CO. The van der Waals surface area contributed by atoms with Crippen LogP contribution in [0.25, 0.3) is 0 Å². The lowest BCUT2D eigenvalue weighted by molar-refractivity contribution is -0.190. The molecule has 1 saturated carbocycles. The van der Waals surface area contributed by atoms with E-state index >= 15 is 0 Å². The number of aliphatic hydroxyl groups excluding tert-OH is 3. The van der Waals surface area contributed by atoms with Crippen LogP contribution < -0.4 is 4.74 Å². The molecule has 0 radical (unpaired) electrons. The summed E-state index contributed by atoms with van der Waals surface area (Å²) in [5.41, 5.74) is 1.71. The summed E-state index contributed by atoms with van der Waals surface area (Å²) in [5, 5.41) is 29.6. The van der Waals surface area contributed by atoms with Crippen LogP contribution in [0.2, 0.25) is 0 Å². The van der Waals surface area contributed by atoms with Crippen molar-refractivity contribution >= 4 is 0 Å².